The fourth-order valence-corrected chi connectivity index (χ4v) is 2.68. The Kier molecular flexibility index (Phi) is 4.75. The molecule has 2 aromatic rings. The van der Waals surface area contributed by atoms with Crippen LogP contribution >= 0.6 is 11.6 Å². The summed E-state index contributed by atoms with van der Waals surface area (Å²) in [5.41, 5.74) is 0.454. The molecule has 0 fully saturated rings. The maximum atomic E-state index is 13.0. The number of carbonyl (C=O) groups is 3. The van der Waals surface area contributed by atoms with Crippen LogP contribution in [0.15, 0.2) is 36.4 Å². The molecule has 0 spiro atoms. The van der Waals surface area contributed by atoms with Gasteiger partial charge in [-0.25, -0.2) is 14.0 Å². The third-order valence-corrected chi connectivity index (χ3v) is 3.87. The first-order valence-corrected chi connectivity index (χ1v) is 8.16. The number of nitrogens with one attached hydrogen (secondary N) is 2. The number of urea groups is 1. The minimum Gasteiger partial charge on any atom is -0.452 e. The number of carbonyl (C=O) groups excluding carboxylic acids is 3. The highest BCUT2D eigenvalue weighted by Crippen LogP contribution is 2.33. The fraction of sp³-hybridized carbons (Fsp3) is 0.167. The molecule has 0 radical (unpaired) electrons. The first-order valence-electron chi connectivity index (χ1n) is 7.78. The van der Waals surface area contributed by atoms with Crippen LogP contribution < -0.4 is 15.4 Å². The molecule has 0 unspecified atom stereocenters. The van der Waals surface area contributed by atoms with Crippen LogP contribution in [0, 0.1) is 5.82 Å². The third kappa shape index (κ3) is 4.17. The van der Waals surface area contributed by atoms with Gasteiger partial charge in [0.1, 0.15) is 17.1 Å². The number of rotatable bonds is 2. The maximum absolute atomic E-state index is 13.0. The lowest BCUT2D eigenvalue weighted by Gasteiger charge is -2.31. The van der Waals surface area contributed by atoms with Crippen molar-refractivity contribution in [2.75, 3.05) is 5.32 Å². The summed E-state index contributed by atoms with van der Waals surface area (Å²) >= 11 is 5.79. The highest BCUT2D eigenvalue weighted by atomic mass is 35.5. The molecule has 0 saturated heterocycles. The Morgan fingerprint density at radius 2 is 1.85 bits per heavy atom. The number of esters is 1. The summed E-state index contributed by atoms with van der Waals surface area (Å²) in [6, 6.07) is 6.68. The number of cyclic esters (lactones) is 1. The van der Waals surface area contributed by atoms with Gasteiger partial charge in [-0.2, -0.15) is 0 Å². The molecular formula is C18H14ClFN2O5. The van der Waals surface area contributed by atoms with E-state index in [0.29, 0.717) is 0 Å². The minimum atomic E-state index is -1.14. The van der Waals surface area contributed by atoms with Crippen molar-refractivity contribution in [3.05, 3.63) is 58.4 Å². The molecule has 9 heteroatoms. The Labute approximate surface area is 158 Å². The van der Waals surface area contributed by atoms with Crippen LogP contribution in [0.1, 0.15) is 34.6 Å². The van der Waals surface area contributed by atoms with E-state index in [1.54, 1.807) is 13.8 Å². The van der Waals surface area contributed by atoms with E-state index in [1.165, 1.54) is 24.3 Å². The van der Waals surface area contributed by atoms with E-state index in [0.717, 1.165) is 12.1 Å². The molecule has 27 heavy (non-hydrogen) atoms. The second kappa shape index (κ2) is 6.88. The zero-order chi connectivity index (χ0) is 19.8. The predicted octanol–water partition coefficient (Wildman–Crippen LogP) is 3.73. The van der Waals surface area contributed by atoms with Gasteiger partial charge in [-0.05, 0) is 30.3 Å². The van der Waals surface area contributed by atoms with Gasteiger partial charge >= 0.3 is 12.0 Å². The normalized spacial score (nSPS) is 14.4. The van der Waals surface area contributed by atoms with Crippen LogP contribution in [0.5, 0.6) is 5.75 Å². The molecule has 1 aliphatic rings. The number of fused-ring (bicyclic) bond motifs is 1. The number of amides is 3. The van der Waals surface area contributed by atoms with Crippen molar-refractivity contribution >= 4 is 35.2 Å². The molecule has 2 N–H and O–H groups in total. The highest BCUT2D eigenvalue weighted by Gasteiger charge is 2.33. The van der Waals surface area contributed by atoms with Crippen molar-refractivity contribution in [3.63, 3.8) is 0 Å². The van der Waals surface area contributed by atoms with E-state index in [-0.39, 0.29) is 27.6 Å². The molecule has 0 bridgehead atoms. The summed E-state index contributed by atoms with van der Waals surface area (Å²) in [6.45, 7) is 3.15. The highest BCUT2D eigenvalue weighted by molar-refractivity contribution is 6.34. The van der Waals surface area contributed by atoms with Gasteiger partial charge in [0.05, 0.1) is 10.6 Å². The number of halogens is 2. The third-order valence-electron chi connectivity index (χ3n) is 3.56. The van der Waals surface area contributed by atoms with E-state index in [1.807, 2.05) is 0 Å². The predicted molar refractivity (Wildman–Crippen MR) is 94.5 cm³/mol. The molecule has 0 aliphatic carbocycles. The summed E-state index contributed by atoms with van der Waals surface area (Å²) in [5.74, 6) is -2.84. The van der Waals surface area contributed by atoms with Crippen LogP contribution in [0.3, 0.4) is 0 Å². The number of anilines is 1. The second-order valence-electron chi connectivity index (χ2n) is 6.13. The standard InChI is InChI=1S/C18H14ClFN2O5/c1-18(2)26-14-8-10(4-6-12(14)16(24)27-18)21-17(25)22-15(23)11-5-3-9(20)7-13(11)19/h3-8H,1-2H3,(H2,21,22,23,25). The van der Waals surface area contributed by atoms with Gasteiger partial charge in [-0.1, -0.05) is 11.6 Å². The lowest BCUT2D eigenvalue weighted by Crippen LogP contribution is -2.39. The Morgan fingerprint density at radius 3 is 2.56 bits per heavy atom. The van der Waals surface area contributed by atoms with Crippen molar-refractivity contribution in [2.45, 2.75) is 19.6 Å². The van der Waals surface area contributed by atoms with Gasteiger partial charge in [-0.3, -0.25) is 10.1 Å². The number of ether oxygens (including phenoxy) is 2. The average molecular weight is 393 g/mol. The van der Waals surface area contributed by atoms with E-state index >= 15 is 0 Å². The fourth-order valence-electron chi connectivity index (χ4n) is 2.42. The Balaban J connectivity index is 1.71. The van der Waals surface area contributed by atoms with Gasteiger partial charge in [0.15, 0.2) is 0 Å². The van der Waals surface area contributed by atoms with Crippen molar-refractivity contribution < 1.29 is 28.2 Å². The van der Waals surface area contributed by atoms with Crippen LogP contribution in [-0.2, 0) is 4.74 Å². The second-order valence-corrected chi connectivity index (χ2v) is 6.54. The molecule has 0 atom stereocenters. The SMILES string of the molecule is CC1(C)OC(=O)c2ccc(NC(=O)NC(=O)c3ccc(F)cc3Cl)cc2O1. The van der Waals surface area contributed by atoms with Crippen molar-refractivity contribution in [2.24, 2.45) is 0 Å². The number of hydrogen-bond acceptors (Lipinski definition) is 5. The van der Waals surface area contributed by atoms with Gasteiger partial charge in [0, 0.05) is 25.6 Å². The molecule has 7 nitrogen and oxygen atoms in total. The Morgan fingerprint density at radius 1 is 1.11 bits per heavy atom. The van der Waals surface area contributed by atoms with Gasteiger partial charge < -0.3 is 14.8 Å². The number of benzene rings is 2. The van der Waals surface area contributed by atoms with Crippen molar-refractivity contribution in [1.29, 1.82) is 0 Å². The minimum absolute atomic E-state index is 0.0496. The molecule has 0 saturated carbocycles. The Hall–Kier alpha value is -3.13. The van der Waals surface area contributed by atoms with Crippen molar-refractivity contribution in [3.8, 4) is 5.75 Å². The first kappa shape index (κ1) is 18.7. The van der Waals surface area contributed by atoms with Gasteiger partial charge in [0.2, 0.25) is 5.79 Å². The monoisotopic (exact) mass is 392 g/mol. The van der Waals surface area contributed by atoms with Crippen LogP contribution in [-0.4, -0.2) is 23.7 Å². The maximum Gasteiger partial charge on any atom is 0.345 e. The zero-order valence-electron chi connectivity index (χ0n) is 14.3. The Bertz CT molecular complexity index is 961. The zero-order valence-corrected chi connectivity index (χ0v) is 15.0. The molecule has 140 valence electrons. The van der Waals surface area contributed by atoms with Crippen molar-refractivity contribution in [1.82, 2.24) is 5.32 Å². The summed E-state index contributed by atoms with van der Waals surface area (Å²) < 4.78 is 23.7. The largest absolute Gasteiger partial charge is 0.452 e. The molecule has 0 aromatic heterocycles. The topological polar surface area (TPSA) is 93.7 Å². The number of hydrogen-bond donors (Lipinski definition) is 2. The van der Waals surface area contributed by atoms with E-state index in [9.17, 15) is 18.8 Å². The van der Waals surface area contributed by atoms with Crippen LogP contribution in [0.2, 0.25) is 5.02 Å². The molecule has 2 aromatic carbocycles. The lowest BCUT2D eigenvalue weighted by molar-refractivity contribution is -0.127. The smallest absolute Gasteiger partial charge is 0.345 e. The van der Waals surface area contributed by atoms with Gasteiger partial charge in [-0.15, -0.1) is 0 Å². The summed E-state index contributed by atoms with van der Waals surface area (Å²) in [5, 5.41) is 4.41. The summed E-state index contributed by atoms with van der Waals surface area (Å²) in [6.07, 6.45) is 0. The molecule has 3 rings (SSSR count). The summed E-state index contributed by atoms with van der Waals surface area (Å²) in [4.78, 5) is 36.0. The summed E-state index contributed by atoms with van der Waals surface area (Å²) in [7, 11) is 0. The molecular weight excluding hydrogens is 379 g/mol. The first-order chi connectivity index (χ1) is 12.6. The average Bonchev–Trinajstić information content (AvgIpc) is 2.52. The lowest BCUT2D eigenvalue weighted by atomic mass is 10.1. The number of imide groups is 1. The van der Waals surface area contributed by atoms with E-state index in [4.69, 9.17) is 21.1 Å². The quantitative estimate of drug-likeness (QED) is 0.759. The van der Waals surface area contributed by atoms with E-state index in [2.05, 4.69) is 10.6 Å². The van der Waals surface area contributed by atoms with Crippen LogP contribution in [0.4, 0.5) is 14.9 Å². The van der Waals surface area contributed by atoms with E-state index < -0.39 is 29.5 Å². The van der Waals surface area contributed by atoms with Gasteiger partial charge in [0.25, 0.3) is 5.91 Å². The molecule has 3 amide bonds. The van der Waals surface area contributed by atoms with Crippen LogP contribution in [0.25, 0.3) is 0 Å². The molecule has 1 aliphatic heterocycles. The molecule has 1 heterocycles.